The molecule has 0 aliphatic carbocycles. The van der Waals surface area contributed by atoms with Gasteiger partial charge in [0, 0.05) is 0 Å². The Morgan fingerprint density at radius 1 is 1.33 bits per heavy atom. The van der Waals surface area contributed by atoms with Crippen LogP contribution in [0.1, 0.15) is 23.2 Å². The maximum atomic E-state index is 12.4. The predicted octanol–water partition coefficient (Wildman–Crippen LogP) is 2.93. The van der Waals surface area contributed by atoms with Gasteiger partial charge < -0.3 is 5.73 Å². The molecule has 1 rings (SSSR count). The first-order valence-electron chi connectivity index (χ1n) is 3.85. The molecule has 0 saturated carbocycles. The van der Waals surface area contributed by atoms with Crippen LogP contribution in [0.25, 0.3) is 0 Å². The molecule has 84 valence electrons. The Morgan fingerprint density at radius 2 is 1.87 bits per heavy atom. The standard InChI is InChI=1S/C8H7F5N2/c1-3-4(14)2-15-6(7(9)10)5(3)8(11,12)13/h2,7H,14H2,1H3. The molecular formula is C8H7F5N2. The molecule has 0 bridgehead atoms. The van der Waals surface area contributed by atoms with E-state index < -0.39 is 29.4 Å². The summed E-state index contributed by atoms with van der Waals surface area (Å²) in [6.07, 6.45) is -7.36. The molecule has 0 atom stereocenters. The molecule has 1 heterocycles. The summed E-state index contributed by atoms with van der Waals surface area (Å²) in [6, 6.07) is 0. The van der Waals surface area contributed by atoms with Gasteiger partial charge in [-0.2, -0.15) is 13.2 Å². The second-order valence-corrected chi connectivity index (χ2v) is 2.90. The SMILES string of the molecule is Cc1c(N)cnc(C(F)F)c1C(F)(F)F. The number of anilines is 1. The van der Waals surface area contributed by atoms with Crippen LogP contribution in [-0.4, -0.2) is 4.98 Å². The fourth-order valence-corrected chi connectivity index (χ4v) is 1.16. The van der Waals surface area contributed by atoms with Crippen molar-refractivity contribution in [2.24, 2.45) is 0 Å². The summed E-state index contributed by atoms with van der Waals surface area (Å²) in [4.78, 5) is 3.01. The van der Waals surface area contributed by atoms with Crippen molar-refractivity contribution in [1.82, 2.24) is 4.98 Å². The van der Waals surface area contributed by atoms with Crippen molar-refractivity contribution in [3.05, 3.63) is 23.0 Å². The van der Waals surface area contributed by atoms with Gasteiger partial charge >= 0.3 is 6.18 Å². The first-order valence-corrected chi connectivity index (χ1v) is 3.85. The van der Waals surface area contributed by atoms with Gasteiger partial charge in [-0.3, -0.25) is 4.98 Å². The van der Waals surface area contributed by atoms with E-state index in [1.807, 2.05) is 0 Å². The van der Waals surface area contributed by atoms with E-state index in [4.69, 9.17) is 5.73 Å². The van der Waals surface area contributed by atoms with Gasteiger partial charge in [0.15, 0.2) is 0 Å². The van der Waals surface area contributed by atoms with Crippen LogP contribution in [0.15, 0.2) is 6.20 Å². The minimum atomic E-state index is -4.88. The van der Waals surface area contributed by atoms with E-state index in [0.29, 0.717) is 0 Å². The molecule has 2 nitrogen and oxygen atoms in total. The van der Waals surface area contributed by atoms with Crippen molar-refractivity contribution < 1.29 is 22.0 Å². The van der Waals surface area contributed by atoms with Gasteiger partial charge in [0.05, 0.1) is 17.4 Å². The van der Waals surface area contributed by atoms with Gasteiger partial charge in [-0.25, -0.2) is 8.78 Å². The normalized spacial score (nSPS) is 12.2. The summed E-state index contributed by atoms with van der Waals surface area (Å²) in [7, 11) is 0. The first kappa shape index (κ1) is 11.7. The van der Waals surface area contributed by atoms with Crippen LogP contribution < -0.4 is 5.73 Å². The molecule has 1 aromatic rings. The van der Waals surface area contributed by atoms with Crippen molar-refractivity contribution in [2.45, 2.75) is 19.5 Å². The number of hydrogen-bond acceptors (Lipinski definition) is 2. The second-order valence-electron chi connectivity index (χ2n) is 2.90. The highest BCUT2D eigenvalue weighted by atomic mass is 19.4. The molecule has 0 saturated heterocycles. The predicted molar refractivity (Wildman–Crippen MR) is 43.3 cm³/mol. The minimum absolute atomic E-state index is 0.258. The lowest BCUT2D eigenvalue weighted by atomic mass is 10.1. The smallest absolute Gasteiger partial charge is 0.397 e. The molecule has 0 radical (unpaired) electrons. The van der Waals surface area contributed by atoms with E-state index in [2.05, 4.69) is 4.98 Å². The Balaban J connectivity index is 3.49. The summed E-state index contributed by atoms with van der Waals surface area (Å²) in [5.74, 6) is 0. The highest BCUT2D eigenvalue weighted by molar-refractivity contribution is 5.51. The summed E-state index contributed by atoms with van der Waals surface area (Å²) in [5, 5.41) is 0. The average molecular weight is 226 g/mol. The third kappa shape index (κ3) is 2.16. The molecule has 15 heavy (non-hydrogen) atoms. The van der Waals surface area contributed by atoms with Crippen LogP contribution in [0, 0.1) is 6.92 Å². The Morgan fingerprint density at radius 3 is 2.27 bits per heavy atom. The van der Waals surface area contributed by atoms with Crippen molar-refractivity contribution in [3.63, 3.8) is 0 Å². The Bertz CT molecular complexity index is 372. The maximum absolute atomic E-state index is 12.4. The molecule has 0 unspecified atom stereocenters. The molecule has 1 aromatic heterocycles. The number of pyridine rings is 1. The van der Waals surface area contributed by atoms with E-state index in [-0.39, 0.29) is 5.69 Å². The fraction of sp³-hybridized carbons (Fsp3) is 0.375. The second kappa shape index (κ2) is 3.63. The lowest BCUT2D eigenvalue weighted by Crippen LogP contribution is -2.15. The zero-order valence-electron chi connectivity index (χ0n) is 7.57. The van der Waals surface area contributed by atoms with Gasteiger partial charge in [0.1, 0.15) is 5.69 Å². The van der Waals surface area contributed by atoms with Gasteiger partial charge in [-0.1, -0.05) is 0 Å². The van der Waals surface area contributed by atoms with Crippen LogP contribution in [-0.2, 0) is 6.18 Å². The summed E-state index contributed by atoms with van der Waals surface area (Å²) < 4.78 is 61.8. The van der Waals surface area contributed by atoms with Crippen molar-refractivity contribution >= 4 is 5.69 Å². The van der Waals surface area contributed by atoms with E-state index in [1.54, 1.807) is 0 Å². The van der Waals surface area contributed by atoms with E-state index in [0.717, 1.165) is 13.1 Å². The Labute approximate surface area is 81.9 Å². The molecule has 0 fully saturated rings. The zero-order valence-corrected chi connectivity index (χ0v) is 7.57. The zero-order chi connectivity index (χ0) is 11.8. The third-order valence-electron chi connectivity index (χ3n) is 1.90. The average Bonchev–Trinajstić information content (AvgIpc) is 2.06. The lowest BCUT2D eigenvalue weighted by molar-refractivity contribution is -0.140. The molecule has 2 N–H and O–H groups in total. The number of rotatable bonds is 1. The monoisotopic (exact) mass is 226 g/mol. The summed E-state index contributed by atoms with van der Waals surface area (Å²) in [5.41, 5.74) is 1.77. The number of halogens is 5. The van der Waals surface area contributed by atoms with Crippen molar-refractivity contribution in [1.29, 1.82) is 0 Å². The number of nitrogens with two attached hydrogens (primary N) is 1. The molecule has 0 aromatic carbocycles. The van der Waals surface area contributed by atoms with Gasteiger partial charge in [-0.15, -0.1) is 0 Å². The number of nitrogen functional groups attached to an aromatic ring is 1. The van der Waals surface area contributed by atoms with Crippen LogP contribution in [0.5, 0.6) is 0 Å². The van der Waals surface area contributed by atoms with Gasteiger partial charge in [0.25, 0.3) is 6.43 Å². The Hall–Kier alpha value is -1.40. The topological polar surface area (TPSA) is 38.9 Å². The quantitative estimate of drug-likeness (QED) is 0.747. The first-order chi connectivity index (χ1) is 6.75. The summed E-state index contributed by atoms with van der Waals surface area (Å²) in [6.45, 7) is 1.03. The van der Waals surface area contributed by atoms with Crippen LogP contribution in [0.4, 0.5) is 27.6 Å². The molecule has 0 spiro atoms. The number of alkyl halides is 5. The number of hydrogen-bond donors (Lipinski definition) is 1. The number of nitrogens with zero attached hydrogens (tertiary/aromatic N) is 1. The number of aromatic nitrogens is 1. The van der Waals surface area contributed by atoms with Crippen LogP contribution in [0.2, 0.25) is 0 Å². The minimum Gasteiger partial charge on any atom is -0.397 e. The molecule has 0 aliphatic heterocycles. The van der Waals surface area contributed by atoms with Crippen LogP contribution in [0.3, 0.4) is 0 Å². The third-order valence-corrected chi connectivity index (χ3v) is 1.90. The highest BCUT2D eigenvalue weighted by Crippen LogP contribution is 2.38. The molecule has 0 aliphatic rings. The molecule has 0 amide bonds. The van der Waals surface area contributed by atoms with Crippen LogP contribution >= 0.6 is 0 Å². The van der Waals surface area contributed by atoms with Crippen molar-refractivity contribution in [3.8, 4) is 0 Å². The summed E-state index contributed by atoms with van der Waals surface area (Å²) >= 11 is 0. The maximum Gasteiger partial charge on any atom is 0.418 e. The lowest BCUT2D eigenvalue weighted by Gasteiger charge is -2.15. The van der Waals surface area contributed by atoms with E-state index >= 15 is 0 Å². The fourth-order valence-electron chi connectivity index (χ4n) is 1.16. The largest absolute Gasteiger partial charge is 0.418 e. The Kier molecular flexibility index (Phi) is 2.83. The van der Waals surface area contributed by atoms with Gasteiger partial charge in [-0.05, 0) is 12.5 Å². The van der Waals surface area contributed by atoms with E-state index in [1.165, 1.54) is 0 Å². The highest BCUT2D eigenvalue weighted by Gasteiger charge is 2.39. The van der Waals surface area contributed by atoms with Crippen molar-refractivity contribution in [2.75, 3.05) is 5.73 Å². The molecular weight excluding hydrogens is 219 g/mol. The molecule has 7 heteroatoms. The van der Waals surface area contributed by atoms with E-state index in [9.17, 15) is 22.0 Å². The van der Waals surface area contributed by atoms with Gasteiger partial charge in [0.2, 0.25) is 0 Å².